The van der Waals surface area contributed by atoms with Crippen molar-refractivity contribution in [3.05, 3.63) is 34.9 Å². The summed E-state index contributed by atoms with van der Waals surface area (Å²) in [6.45, 7) is 3.47. The Bertz CT molecular complexity index is 539. The van der Waals surface area contributed by atoms with Gasteiger partial charge in [-0.1, -0.05) is 19.4 Å². The van der Waals surface area contributed by atoms with Crippen molar-refractivity contribution in [2.45, 2.75) is 51.5 Å². The van der Waals surface area contributed by atoms with E-state index in [1.807, 2.05) is 19.1 Å². The van der Waals surface area contributed by atoms with Gasteiger partial charge in [0.25, 0.3) is 5.91 Å². The zero-order chi connectivity index (χ0) is 14.8. The zero-order valence-corrected chi connectivity index (χ0v) is 12.0. The fourth-order valence-corrected chi connectivity index (χ4v) is 2.76. The van der Waals surface area contributed by atoms with E-state index in [9.17, 15) is 14.7 Å². The maximum absolute atomic E-state index is 12.3. The maximum Gasteiger partial charge on any atom is 0.329 e. The number of rotatable bonds is 5. The highest BCUT2D eigenvalue weighted by atomic mass is 16.4. The minimum Gasteiger partial charge on any atom is -0.480 e. The molecule has 0 fully saturated rings. The number of carbonyl (C=O) groups is 2. The van der Waals surface area contributed by atoms with Crippen LogP contribution in [0.3, 0.4) is 0 Å². The first-order chi connectivity index (χ1) is 9.46. The molecule has 2 rings (SSSR count). The van der Waals surface area contributed by atoms with Crippen molar-refractivity contribution in [1.29, 1.82) is 0 Å². The van der Waals surface area contributed by atoms with Crippen LogP contribution in [0.25, 0.3) is 0 Å². The van der Waals surface area contributed by atoms with Crippen LogP contribution in [0.1, 0.15) is 54.6 Å². The number of carboxylic acid groups (broad SMARTS) is 1. The molecule has 0 aliphatic heterocycles. The molecular weight excluding hydrogens is 254 g/mol. The van der Waals surface area contributed by atoms with Gasteiger partial charge in [-0.3, -0.25) is 4.79 Å². The summed E-state index contributed by atoms with van der Waals surface area (Å²) < 4.78 is 0. The summed E-state index contributed by atoms with van der Waals surface area (Å²) in [5.41, 5.74) is 1.86. The van der Waals surface area contributed by atoms with Crippen LogP contribution in [0, 0.1) is 0 Å². The molecule has 1 aliphatic rings. The van der Waals surface area contributed by atoms with Gasteiger partial charge >= 0.3 is 5.97 Å². The number of benzene rings is 1. The molecule has 1 aliphatic carbocycles. The van der Waals surface area contributed by atoms with Gasteiger partial charge in [-0.25, -0.2) is 4.79 Å². The highest BCUT2D eigenvalue weighted by Crippen LogP contribution is 2.23. The summed E-state index contributed by atoms with van der Waals surface area (Å²) in [7, 11) is 0. The minimum atomic E-state index is -1.20. The number of hydrogen-bond donors (Lipinski definition) is 2. The molecule has 1 amide bonds. The van der Waals surface area contributed by atoms with E-state index >= 15 is 0 Å². The predicted octanol–water partition coefficient (Wildman–Crippen LogP) is 2.55. The van der Waals surface area contributed by atoms with E-state index in [0.717, 1.165) is 19.3 Å². The highest BCUT2D eigenvalue weighted by molar-refractivity contribution is 5.98. The van der Waals surface area contributed by atoms with Crippen LogP contribution < -0.4 is 5.32 Å². The van der Waals surface area contributed by atoms with Gasteiger partial charge in [0.2, 0.25) is 0 Å². The molecule has 0 saturated carbocycles. The molecule has 0 heterocycles. The van der Waals surface area contributed by atoms with Crippen LogP contribution >= 0.6 is 0 Å². The average Bonchev–Trinajstić information content (AvgIpc) is 2.85. The first-order valence-electron chi connectivity index (χ1n) is 7.14. The second-order valence-corrected chi connectivity index (χ2v) is 5.68. The van der Waals surface area contributed by atoms with E-state index in [0.29, 0.717) is 18.4 Å². The van der Waals surface area contributed by atoms with Gasteiger partial charge < -0.3 is 10.4 Å². The van der Waals surface area contributed by atoms with Crippen molar-refractivity contribution in [2.75, 3.05) is 0 Å². The number of carboxylic acids is 1. The Morgan fingerprint density at radius 2 is 2.00 bits per heavy atom. The number of nitrogens with one attached hydrogen (secondary N) is 1. The first kappa shape index (κ1) is 14.6. The average molecular weight is 275 g/mol. The molecule has 1 unspecified atom stereocenters. The van der Waals surface area contributed by atoms with E-state index in [2.05, 4.69) is 5.32 Å². The van der Waals surface area contributed by atoms with Gasteiger partial charge in [-0.2, -0.15) is 0 Å². The number of fused-ring (bicyclic) bond motifs is 1. The van der Waals surface area contributed by atoms with Crippen LogP contribution in [0.15, 0.2) is 18.2 Å². The Hall–Kier alpha value is -1.84. The molecule has 4 nitrogen and oxygen atoms in total. The topological polar surface area (TPSA) is 66.4 Å². The second kappa shape index (κ2) is 5.65. The third-order valence-electron chi connectivity index (χ3n) is 3.97. The minimum absolute atomic E-state index is 0.307. The molecule has 1 atom stereocenters. The van der Waals surface area contributed by atoms with Crippen molar-refractivity contribution in [2.24, 2.45) is 0 Å². The molecule has 20 heavy (non-hydrogen) atoms. The van der Waals surface area contributed by atoms with Crippen molar-refractivity contribution in [1.82, 2.24) is 5.32 Å². The zero-order valence-electron chi connectivity index (χ0n) is 12.0. The lowest BCUT2D eigenvalue weighted by atomic mass is 9.95. The monoisotopic (exact) mass is 275 g/mol. The Morgan fingerprint density at radius 1 is 1.30 bits per heavy atom. The smallest absolute Gasteiger partial charge is 0.329 e. The SMILES string of the molecule is CCCC(C)(NC(=O)c1ccc2c(c1)CCC2)C(=O)O. The molecule has 1 aromatic rings. The normalized spacial score (nSPS) is 16.3. The molecule has 0 radical (unpaired) electrons. The second-order valence-electron chi connectivity index (χ2n) is 5.68. The van der Waals surface area contributed by atoms with Gasteiger partial charge in [-0.05, 0) is 55.9 Å². The Labute approximate surface area is 119 Å². The standard InChI is InChI=1S/C16H21NO3/c1-3-9-16(2,15(19)20)17-14(18)13-8-7-11-5-4-6-12(11)10-13/h7-8,10H,3-6,9H2,1-2H3,(H,17,18)(H,19,20). The van der Waals surface area contributed by atoms with E-state index in [4.69, 9.17) is 0 Å². The van der Waals surface area contributed by atoms with E-state index in [1.54, 1.807) is 13.0 Å². The Balaban J connectivity index is 2.17. The first-order valence-corrected chi connectivity index (χ1v) is 7.14. The van der Waals surface area contributed by atoms with Crippen LogP contribution in [0.2, 0.25) is 0 Å². The van der Waals surface area contributed by atoms with Crippen LogP contribution in [-0.4, -0.2) is 22.5 Å². The molecule has 0 aromatic heterocycles. The summed E-state index contributed by atoms with van der Waals surface area (Å²) in [6, 6.07) is 5.66. The highest BCUT2D eigenvalue weighted by Gasteiger charge is 2.34. The lowest BCUT2D eigenvalue weighted by Gasteiger charge is -2.25. The summed E-state index contributed by atoms with van der Waals surface area (Å²) in [5.74, 6) is -1.30. The van der Waals surface area contributed by atoms with Gasteiger partial charge in [0.05, 0.1) is 0 Å². The predicted molar refractivity (Wildman–Crippen MR) is 76.9 cm³/mol. The maximum atomic E-state index is 12.3. The van der Waals surface area contributed by atoms with E-state index in [1.165, 1.54) is 11.1 Å². The van der Waals surface area contributed by atoms with Gasteiger partial charge in [0.1, 0.15) is 5.54 Å². The molecular formula is C16H21NO3. The van der Waals surface area contributed by atoms with E-state index in [-0.39, 0.29) is 5.91 Å². The third kappa shape index (κ3) is 2.84. The number of carbonyl (C=O) groups excluding carboxylic acids is 1. The molecule has 1 aromatic carbocycles. The lowest BCUT2D eigenvalue weighted by Crippen LogP contribution is -2.52. The van der Waals surface area contributed by atoms with Gasteiger partial charge in [-0.15, -0.1) is 0 Å². The van der Waals surface area contributed by atoms with Gasteiger partial charge in [0, 0.05) is 5.56 Å². The molecule has 4 heteroatoms. The van der Waals surface area contributed by atoms with Crippen LogP contribution in [0.5, 0.6) is 0 Å². The quantitative estimate of drug-likeness (QED) is 0.868. The van der Waals surface area contributed by atoms with Crippen molar-refractivity contribution < 1.29 is 14.7 Å². The molecule has 0 spiro atoms. The lowest BCUT2D eigenvalue weighted by molar-refractivity contribution is -0.144. The molecule has 0 saturated heterocycles. The van der Waals surface area contributed by atoms with Gasteiger partial charge in [0.15, 0.2) is 0 Å². The third-order valence-corrected chi connectivity index (χ3v) is 3.97. The molecule has 2 N–H and O–H groups in total. The van der Waals surface area contributed by atoms with Crippen LogP contribution in [0.4, 0.5) is 0 Å². The van der Waals surface area contributed by atoms with Crippen molar-refractivity contribution in [3.8, 4) is 0 Å². The molecule has 108 valence electrons. The summed E-state index contributed by atoms with van der Waals surface area (Å²) in [6.07, 6.45) is 4.32. The number of amides is 1. The van der Waals surface area contributed by atoms with Crippen molar-refractivity contribution in [3.63, 3.8) is 0 Å². The summed E-state index contributed by atoms with van der Waals surface area (Å²) in [5, 5.41) is 12.0. The fraction of sp³-hybridized carbons (Fsp3) is 0.500. The Morgan fingerprint density at radius 3 is 2.65 bits per heavy atom. The number of aryl methyl sites for hydroxylation is 2. The Kier molecular flexibility index (Phi) is 4.12. The summed E-state index contributed by atoms with van der Waals surface area (Å²) in [4.78, 5) is 23.6. The van der Waals surface area contributed by atoms with Crippen molar-refractivity contribution >= 4 is 11.9 Å². The van der Waals surface area contributed by atoms with Crippen LogP contribution in [-0.2, 0) is 17.6 Å². The number of aliphatic carboxylic acids is 1. The fourth-order valence-electron chi connectivity index (χ4n) is 2.76. The largest absolute Gasteiger partial charge is 0.480 e. The summed E-state index contributed by atoms with van der Waals surface area (Å²) >= 11 is 0. The van der Waals surface area contributed by atoms with E-state index < -0.39 is 11.5 Å². The number of hydrogen-bond acceptors (Lipinski definition) is 2. The molecule has 0 bridgehead atoms.